The number of hydrogen-bond acceptors (Lipinski definition) is 3. The molecule has 2 aromatic rings. The van der Waals surface area contributed by atoms with Gasteiger partial charge in [0.25, 0.3) is 0 Å². The van der Waals surface area contributed by atoms with Crippen molar-refractivity contribution in [1.82, 2.24) is 0 Å². The molecule has 1 aliphatic rings. The first-order valence-corrected chi connectivity index (χ1v) is 6.49. The molecule has 0 saturated carbocycles. The fraction of sp³-hybridized carbons (Fsp3) is 0. The summed E-state index contributed by atoms with van der Waals surface area (Å²) in [6.07, 6.45) is 0.453. The molecule has 3 rings (SSSR count). The van der Waals surface area contributed by atoms with E-state index in [1.807, 2.05) is 0 Å². The number of aliphatic imine (C=N–C) groups is 1. The monoisotopic (exact) mass is 339 g/mol. The van der Waals surface area contributed by atoms with Gasteiger partial charge in [-0.2, -0.15) is 0 Å². The van der Waals surface area contributed by atoms with Gasteiger partial charge in [0, 0.05) is 5.56 Å². The molecule has 0 aromatic heterocycles. The number of nitrogens with zero attached hydrogens (tertiary/aromatic N) is 1. The summed E-state index contributed by atoms with van der Waals surface area (Å²) in [5.41, 5.74) is -1.44. The highest BCUT2D eigenvalue weighted by Crippen LogP contribution is 2.27. The minimum atomic E-state index is -2.28. The van der Waals surface area contributed by atoms with E-state index in [0.717, 1.165) is 0 Å². The lowest BCUT2D eigenvalue weighted by Crippen LogP contribution is -2.06. The van der Waals surface area contributed by atoms with Gasteiger partial charge in [-0.15, -0.1) is 0 Å². The summed E-state index contributed by atoms with van der Waals surface area (Å²) in [6, 6.07) is 8.10. The topological polar surface area (TPSA) is 38.7 Å². The van der Waals surface area contributed by atoms with E-state index in [1.165, 1.54) is 0 Å². The number of esters is 1. The number of carbonyl (C=O) groups excluding carboxylic acids is 1. The van der Waals surface area contributed by atoms with Gasteiger partial charge >= 0.3 is 5.97 Å². The van der Waals surface area contributed by atoms with Gasteiger partial charge in [0.1, 0.15) is 0 Å². The van der Waals surface area contributed by atoms with Gasteiger partial charge in [-0.3, -0.25) is 0 Å². The van der Waals surface area contributed by atoms with Crippen molar-refractivity contribution in [2.24, 2.45) is 4.99 Å². The SMILES string of the molecule is O=C1OC(c2ccccc2)=N/C1=C/c1c(F)c(F)c(F)c(F)c1F. The molecule has 0 atom stereocenters. The highest BCUT2D eigenvalue weighted by Gasteiger charge is 2.28. The Labute approximate surface area is 131 Å². The third-order valence-corrected chi connectivity index (χ3v) is 3.17. The second-order valence-corrected chi connectivity index (χ2v) is 4.69. The maximum atomic E-state index is 13.6. The number of benzene rings is 2. The van der Waals surface area contributed by atoms with Crippen molar-refractivity contribution >= 4 is 17.9 Å². The first-order valence-electron chi connectivity index (χ1n) is 6.49. The van der Waals surface area contributed by atoms with E-state index in [-0.39, 0.29) is 5.90 Å². The summed E-state index contributed by atoms with van der Waals surface area (Å²) in [5, 5.41) is 0. The summed E-state index contributed by atoms with van der Waals surface area (Å²) in [5.74, 6) is -11.8. The summed E-state index contributed by atoms with van der Waals surface area (Å²) < 4.78 is 71.5. The van der Waals surface area contributed by atoms with Crippen molar-refractivity contribution in [2.75, 3.05) is 0 Å². The van der Waals surface area contributed by atoms with Crippen LogP contribution in [0.4, 0.5) is 22.0 Å². The smallest absolute Gasteiger partial charge is 0.363 e. The predicted molar refractivity (Wildman–Crippen MR) is 73.3 cm³/mol. The van der Waals surface area contributed by atoms with Crippen molar-refractivity contribution in [2.45, 2.75) is 0 Å². The lowest BCUT2D eigenvalue weighted by atomic mass is 10.1. The average Bonchev–Trinajstić information content (AvgIpc) is 2.97. The van der Waals surface area contributed by atoms with Gasteiger partial charge in [0.15, 0.2) is 29.0 Å². The lowest BCUT2D eigenvalue weighted by molar-refractivity contribution is -0.129. The minimum absolute atomic E-state index is 0.143. The Morgan fingerprint density at radius 2 is 1.38 bits per heavy atom. The zero-order valence-electron chi connectivity index (χ0n) is 11.6. The van der Waals surface area contributed by atoms with Gasteiger partial charge in [-0.1, -0.05) is 18.2 Å². The van der Waals surface area contributed by atoms with E-state index >= 15 is 0 Å². The zero-order chi connectivity index (χ0) is 17.4. The van der Waals surface area contributed by atoms with Crippen LogP contribution in [-0.4, -0.2) is 11.9 Å². The molecule has 122 valence electrons. The van der Waals surface area contributed by atoms with Crippen molar-refractivity contribution < 1.29 is 31.5 Å². The van der Waals surface area contributed by atoms with E-state index in [9.17, 15) is 26.7 Å². The quantitative estimate of drug-likeness (QED) is 0.275. The van der Waals surface area contributed by atoms with Gasteiger partial charge < -0.3 is 4.74 Å². The first-order chi connectivity index (χ1) is 11.4. The highest BCUT2D eigenvalue weighted by molar-refractivity contribution is 6.12. The van der Waals surface area contributed by atoms with Crippen LogP contribution in [0.5, 0.6) is 0 Å². The van der Waals surface area contributed by atoms with E-state index < -0.39 is 46.3 Å². The number of cyclic esters (lactones) is 1. The Kier molecular flexibility index (Phi) is 3.88. The molecule has 0 saturated heterocycles. The molecule has 1 heterocycles. The molecule has 1 aliphatic heterocycles. The molecule has 0 aliphatic carbocycles. The first kappa shape index (κ1) is 15.9. The number of carbonyl (C=O) groups is 1. The minimum Gasteiger partial charge on any atom is -0.402 e. The van der Waals surface area contributed by atoms with Crippen LogP contribution < -0.4 is 0 Å². The molecule has 0 bridgehead atoms. The number of hydrogen-bond donors (Lipinski definition) is 0. The van der Waals surface area contributed by atoms with Crippen molar-refractivity contribution in [3.63, 3.8) is 0 Å². The second-order valence-electron chi connectivity index (χ2n) is 4.69. The summed E-state index contributed by atoms with van der Waals surface area (Å²) in [4.78, 5) is 15.4. The molecular formula is C16H6F5NO2. The summed E-state index contributed by atoms with van der Waals surface area (Å²) in [6.45, 7) is 0. The third kappa shape index (κ3) is 2.55. The molecule has 0 spiro atoms. The largest absolute Gasteiger partial charge is 0.402 e. The molecule has 0 radical (unpaired) electrons. The number of halogens is 5. The Hall–Kier alpha value is -3.03. The Bertz CT molecular complexity index is 877. The van der Waals surface area contributed by atoms with Crippen LogP contribution in [-0.2, 0) is 9.53 Å². The molecule has 24 heavy (non-hydrogen) atoms. The molecule has 2 aromatic carbocycles. The van der Waals surface area contributed by atoms with Gasteiger partial charge in [-0.25, -0.2) is 31.7 Å². The molecule has 0 amide bonds. The van der Waals surface area contributed by atoms with Crippen LogP contribution in [0.1, 0.15) is 11.1 Å². The molecular weight excluding hydrogens is 333 g/mol. The second kappa shape index (κ2) is 5.88. The normalized spacial score (nSPS) is 15.6. The molecule has 0 N–H and O–H groups in total. The number of ether oxygens (including phenoxy) is 1. The Balaban J connectivity index is 2.10. The van der Waals surface area contributed by atoms with Crippen LogP contribution >= 0.6 is 0 Å². The van der Waals surface area contributed by atoms with Crippen molar-refractivity contribution in [1.29, 1.82) is 0 Å². The van der Waals surface area contributed by atoms with Crippen molar-refractivity contribution in [3.8, 4) is 0 Å². The van der Waals surface area contributed by atoms with E-state index in [4.69, 9.17) is 4.74 Å². The van der Waals surface area contributed by atoms with Crippen LogP contribution in [0.15, 0.2) is 41.0 Å². The van der Waals surface area contributed by atoms with Crippen LogP contribution in [0.3, 0.4) is 0 Å². The summed E-state index contributed by atoms with van der Waals surface area (Å²) >= 11 is 0. The standard InChI is InChI=1S/C16H6F5NO2/c17-10-8(11(18)13(20)14(21)12(10)19)6-9-16(23)24-15(22-9)7-4-2-1-3-5-7/h1-6H/b9-6+. The predicted octanol–water partition coefficient (Wildman–Crippen LogP) is 3.73. The van der Waals surface area contributed by atoms with E-state index in [2.05, 4.69) is 4.99 Å². The van der Waals surface area contributed by atoms with E-state index in [0.29, 0.717) is 11.6 Å². The third-order valence-electron chi connectivity index (χ3n) is 3.17. The Morgan fingerprint density at radius 1 is 0.833 bits per heavy atom. The van der Waals surface area contributed by atoms with Gasteiger partial charge in [0.2, 0.25) is 11.7 Å². The molecule has 0 fully saturated rings. The highest BCUT2D eigenvalue weighted by atomic mass is 19.2. The maximum absolute atomic E-state index is 13.6. The fourth-order valence-electron chi connectivity index (χ4n) is 2.00. The lowest BCUT2D eigenvalue weighted by Gasteiger charge is -2.04. The van der Waals surface area contributed by atoms with Gasteiger partial charge in [0.05, 0.1) is 5.56 Å². The van der Waals surface area contributed by atoms with Gasteiger partial charge in [-0.05, 0) is 18.2 Å². The average molecular weight is 339 g/mol. The summed E-state index contributed by atoms with van der Waals surface area (Å²) in [7, 11) is 0. The number of rotatable bonds is 2. The zero-order valence-corrected chi connectivity index (χ0v) is 11.6. The Morgan fingerprint density at radius 3 is 1.96 bits per heavy atom. The van der Waals surface area contributed by atoms with Crippen LogP contribution in [0.2, 0.25) is 0 Å². The molecule has 0 unspecified atom stereocenters. The van der Waals surface area contributed by atoms with E-state index in [1.54, 1.807) is 30.3 Å². The van der Waals surface area contributed by atoms with Crippen LogP contribution in [0.25, 0.3) is 6.08 Å². The maximum Gasteiger partial charge on any atom is 0.363 e. The van der Waals surface area contributed by atoms with Crippen LogP contribution in [0, 0.1) is 29.1 Å². The van der Waals surface area contributed by atoms with Crippen molar-refractivity contribution in [3.05, 3.63) is 76.2 Å². The molecule has 8 heteroatoms. The fourth-order valence-corrected chi connectivity index (χ4v) is 2.00. The molecule has 3 nitrogen and oxygen atoms in total.